The van der Waals surface area contributed by atoms with Crippen molar-refractivity contribution < 1.29 is 29.0 Å². The molecule has 2 aliphatic heterocycles. The zero-order valence-corrected chi connectivity index (χ0v) is 11.4. The van der Waals surface area contributed by atoms with Crippen LogP contribution in [0.4, 0.5) is 0 Å². The Kier molecular flexibility index (Phi) is 3.96. The minimum Gasteiger partial charge on any atom is -0.446 e. The summed E-state index contributed by atoms with van der Waals surface area (Å²) in [5.74, 6) is -6.13. The predicted molar refractivity (Wildman–Crippen MR) is 65.2 cm³/mol. The molecule has 2 heterocycles. The lowest BCUT2D eigenvalue weighted by molar-refractivity contribution is -0.274. The summed E-state index contributed by atoms with van der Waals surface area (Å²) in [6.45, 7) is 5.26. The van der Waals surface area contributed by atoms with Gasteiger partial charge in [0.15, 0.2) is 6.10 Å². The molecule has 2 N–H and O–H groups in total. The van der Waals surface area contributed by atoms with E-state index in [4.69, 9.17) is 9.47 Å². The molecule has 2 fully saturated rings. The van der Waals surface area contributed by atoms with Gasteiger partial charge in [0.1, 0.15) is 0 Å². The van der Waals surface area contributed by atoms with Gasteiger partial charge in [-0.15, -0.1) is 0 Å². The zero-order valence-electron chi connectivity index (χ0n) is 11.4. The Hall–Kier alpha value is -1.67. The maximum absolute atomic E-state index is 12.4. The number of nitrogens with zero attached hydrogens (tertiary/aromatic N) is 1. The maximum Gasteiger partial charge on any atom is 0.420 e. The van der Waals surface area contributed by atoms with Gasteiger partial charge in [-0.05, 0) is 5.92 Å². The van der Waals surface area contributed by atoms with Gasteiger partial charge in [-0.1, -0.05) is 13.8 Å². The number of piperazine rings is 1. The van der Waals surface area contributed by atoms with Gasteiger partial charge < -0.3 is 24.8 Å². The molecule has 20 heavy (non-hydrogen) atoms. The quantitative estimate of drug-likeness (QED) is 0.457. The summed E-state index contributed by atoms with van der Waals surface area (Å²) < 4.78 is 9.57. The van der Waals surface area contributed by atoms with Gasteiger partial charge in [0, 0.05) is 26.2 Å². The standard InChI is InChI=1S/C12H18N2O6/c1-7(2)8-12(18,20-10(16)9(15)19-8)11(17)14-5-3-13-4-6-14/h7-8,13,18H,3-6H2,1-2H3/t8?,12-/m1/s1. The summed E-state index contributed by atoms with van der Waals surface area (Å²) in [4.78, 5) is 36.4. The van der Waals surface area contributed by atoms with Gasteiger partial charge in [-0.25, -0.2) is 9.59 Å². The number of hydrogen-bond acceptors (Lipinski definition) is 7. The van der Waals surface area contributed by atoms with Crippen LogP contribution in [0.15, 0.2) is 0 Å². The first kappa shape index (κ1) is 14.7. The van der Waals surface area contributed by atoms with Crippen LogP contribution in [0.2, 0.25) is 0 Å². The molecule has 2 aliphatic rings. The lowest BCUT2D eigenvalue weighted by Crippen LogP contribution is -2.66. The van der Waals surface area contributed by atoms with Crippen molar-refractivity contribution in [3.63, 3.8) is 0 Å². The van der Waals surface area contributed by atoms with Gasteiger partial charge in [0.05, 0.1) is 0 Å². The van der Waals surface area contributed by atoms with Crippen LogP contribution in [0.25, 0.3) is 0 Å². The summed E-state index contributed by atoms with van der Waals surface area (Å²) in [6.07, 6.45) is -1.21. The van der Waals surface area contributed by atoms with Gasteiger partial charge >= 0.3 is 17.7 Å². The Morgan fingerprint density at radius 1 is 1.35 bits per heavy atom. The van der Waals surface area contributed by atoms with Gasteiger partial charge in [0.25, 0.3) is 5.91 Å². The molecule has 8 nitrogen and oxygen atoms in total. The van der Waals surface area contributed by atoms with Crippen molar-refractivity contribution in [2.45, 2.75) is 25.7 Å². The number of ether oxygens (including phenoxy) is 2. The smallest absolute Gasteiger partial charge is 0.420 e. The van der Waals surface area contributed by atoms with Crippen LogP contribution in [0.5, 0.6) is 0 Å². The van der Waals surface area contributed by atoms with E-state index in [9.17, 15) is 19.5 Å². The van der Waals surface area contributed by atoms with E-state index in [0.29, 0.717) is 26.2 Å². The first-order chi connectivity index (χ1) is 9.36. The number of carbonyl (C=O) groups is 3. The van der Waals surface area contributed by atoms with E-state index in [2.05, 4.69) is 5.32 Å². The summed E-state index contributed by atoms with van der Waals surface area (Å²) in [5.41, 5.74) is 0. The van der Waals surface area contributed by atoms with E-state index in [0.717, 1.165) is 0 Å². The third kappa shape index (κ3) is 2.48. The van der Waals surface area contributed by atoms with Crippen LogP contribution < -0.4 is 5.32 Å². The normalized spacial score (nSPS) is 31.0. The molecule has 0 aromatic carbocycles. The summed E-state index contributed by atoms with van der Waals surface area (Å²) in [5, 5.41) is 13.5. The number of esters is 2. The molecule has 2 rings (SSSR count). The molecule has 0 aliphatic carbocycles. The van der Waals surface area contributed by atoms with Gasteiger partial charge in [-0.2, -0.15) is 0 Å². The average Bonchev–Trinajstić information content (AvgIpc) is 2.42. The molecule has 2 atom stereocenters. The van der Waals surface area contributed by atoms with Crippen LogP contribution >= 0.6 is 0 Å². The number of cyclic esters (lactones) is 2. The number of nitrogens with one attached hydrogen (secondary N) is 1. The van der Waals surface area contributed by atoms with E-state index in [1.165, 1.54) is 4.90 Å². The highest BCUT2D eigenvalue weighted by Crippen LogP contribution is 2.29. The highest BCUT2D eigenvalue weighted by Gasteiger charge is 2.58. The number of rotatable bonds is 2. The molecule has 0 radical (unpaired) electrons. The molecular formula is C12H18N2O6. The van der Waals surface area contributed by atoms with E-state index >= 15 is 0 Å². The van der Waals surface area contributed by atoms with E-state index in [1.807, 2.05) is 0 Å². The fraction of sp³-hybridized carbons (Fsp3) is 0.750. The molecule has 0 aromatic rings. The molecule has 112 valence electrons. The number of carbonyl (C=O) groups excluding carboxylic acids is 3. The number of amides is 1. The van der Waals surface area contributed by atoms with E-state index < -0.39 is 29.7 Å². The molecule has 0 saturated carbocycles. The first-order valence-corrected chi connectivity index (χ1v) is 6.52. The van der Waals surface area contributed by atoms with Crippen LogP contribution in [0.3, 0.4) is 0 Å². The van der Waals surface area contributed by atoms with Crippen molar-refractivity contribution in [1.29, 1.82) is 0 Å². The average molecular weight is 286 g/mol. The van der Waals surface area contributed by atoms with Crippen molar-refractivity contribution in [1.82, 2.24) is 10.2 Å². The molecule has 0 bridgehead atoms. The molecule has 2 saturated heterocycles. The third-order valence-corrected chi connectivity index (χ3v) is 3.35. The fourth-order valence-electron chi connectivity index (χ4n) is 2.33. The highest BCUT2D eigenvalue weighted by molar-refractivity contribution is 6.30. The third-order valence-electron chi connectivity index (χ3n) is 3.35. The summed E-state index contributed by atoms with van der Waals surface area (Å²) in [7, 11) is 0. The second-order valence-electron chi connectivity index (χ2n) is 5.20. The number of hydrogen-bond donors (Lipinski definition) is 2. The van der Waals surface area contributed by atoms with Crippen molar-refractivity contribution in [2.24, 2.45) is 5.92 Å². The van der Waals surface area contributed by atoms with Crippen molar-refractivity contribution in [3.05, 3.63) is 0 Å². The number of aliphatic hydroxyl groups is 1. The lowest BCUT2D eigenvalue weighted by atomic mass is 9.95. The maximum atomic E-state index is 12.4. The Bertz CT molecular complexity index is 432. The van der Waals surface area contributed by atoms with Crippen LogP contribution in [-0.2, 0) is 23.9 Å². The zero-order chi connectivity index (χ0) is 14.9. The van der Waals surface area contributed by atoms with Gasteiger partial charge in [0.2, 0.25) is 0 Å². The summed E-state index contributed by atoms with van der Waals surface area (Å²) in [6, 6.07) is 0. The Morgan fingerprint density at radius 2 is 1.95 bits per heavy atom. The Labute approximate surface area is 116 Å². The largest absolute Gasteiger partial charge is 0.446 e. The highest BCUT2D eigenvalue weighted by atomic mass is 16.7. The second kappa shape index (κ2) is 5.37. The van der Waals surface area contributed by atoms with Gasteiger partial charge in [-0.3, -0.25) is 4.79 Å². The molecule has 0 spiro atoms. The second-order valence-corrected chi connectivity index (χ2v) is 5.20. The van der Waals surface area contributed by atoms with E-state index in [-0.39, 0.29) is 5.92 Å². The van der Waals surface area contributed by atoms with Crippen LogP contribution in [0, 0.1) is 5.92 Å². The molecule has 0 aromatic heterocycles. The van der Waals surface area contributed by atoms with Crippen LogP contribution in [-0.4, -0.2) is 65.9 Å². The lowest BCUT2D eigenvalue weighted by Gasteiger charge is -2.41. The molecule has 8 heteroatoms. The monoisotopic (exact) mass is 286 g/mol. The van der Waals surface area contributed by atoms with Crippen molar-refractivity contribution in [2.75, 3.05) is 26.2 Å². The molecule has 1 amide bonds. The van der Waals surface area contributed by atoms with Crippen molar-refractivity contribution in [3.8, 4) is 0 Å². The fourth-order valence-corrected chi connectivity index (χ4v) is 2.33. The van der Waals surface area contributed by atoms with E-state index in [1.54, 1.807) is 13.8 Å². The minimum absolute atomic E-state index is 0.385. The minimum atomic E-state index is -2.45. The predicted octanol–water partition coefficient (Wildman–Crippen LogP) is -1.77. The summed E-state index contributed by atoms with van der Waals surface area (Å²) >= 11 is 0. The van der Waals surface area contributed by atoms with Crippen molar-refractivity contribution >= 4 is 17.8 Å². The molecule has 1 unspecified atom stereocenters. The SMILES string of the molecule is CC(C)C1OC(=O)C(=O)O[C@@]1(O)C(=O)N1CCNCC1. The topological polar surface area (TPSA) is 105 Å². The molecular weight excluding hydrogens is 268 g/mol. The first-order valence-electron chi connectivity index (χ1n) is 6.52. The van der Waals surface area contributed by atoms with Crippen LogP contribution in [0.1, 0.15) is 13.8 Å². The Morgan fingerprint density at radius 3 is 2.50 bits per heavy atom. The Balaban J connectivity index is 2.25.